The average molecular weight is 379 g/mol. The van der Waals surface area contributed by atoms with Gasteiger partial charge < -0.3 is 10.2 Å². The smallest absolute Gasteiger partial charge is 0.382 e. The van der Waals surface area contributed by atoms with Gasteiger partial charge >= 0.3 is 6.18 Å². The number of likely N-dealkylation sites (tertiary alicyclic amines) is 1. The van der Waals surface area contributed by atoms with Crippen molar-refractivity contribution in [3.8, 4) is 0 Å². The Balaban J connectivity index is 2.09. The zero-order valence-electron chi connectivity index (χ0n) is 14.1. The van der Waals surface area contributed by atoms with Gasteiger partial charge in [-0.15, -0.1) is 0 Å². The summed E-state index contributed by atoms with van der Waals surface area (Å²) >= 11 is 0. The molecule has 0 radical (unpaired) electrons. The van der Waals surface area contributed by atoms with Crippen LogP contribution >= 0.6 is 0 Å². The lowest BCUT2D eigenvalue weighted by Crippen LogP contribution is -2.39. The first-order chi connectivity index (χ1) is 11.6. The topological polar surface area (TPSA) is 75.4 Å². The number of halogens is 3. The molecule has 1 aromatic carbocycles. The van der Waals surface area contributed by atoms with Crippen LogP contribution in [0.25, 0.3) is 0 Å². The summed E-state index contributed by atoms with van der Waals surface area (Å²) in [5.74, 6) is 0. The summed E-state index contributed by atoms with van der Waals surface area (Å²) in [5.41, 5.74) is -0.980. The summed E-state index contributed by atoms with van der Waals surface area (Å²) in [6, 6.07) is 3.14. The number of hydrogen-bond acceptors (Lipinski definition) is 4. The Labute approximate surface area is 146 Å². The summed E-state index contributed by atoms with van der Waals surface area (Å²) < 4.78 is 62.2. The van der Waals surface area contributed by atoms with Crippen molar-refractivity contribution >= 4 is 15.7 Å². The monoisotopic (exact) mass is 379 g/mol. The molecule has 1 aliphatic heterocycles. The van der Waals surface area contributed by atoms with Gasteiger partial charge in [-0.25, -0.2) is 13.6 Å². The molecular weight excluding hydrogens is 355 g/mol. The molecule has 5 nitrogen and oxygen atoms in total. The average Bonchev–Trinajstić information content (AvgIpc) is 2.52. The van der Waals surface area contributed by atoms with Crippen LogP contribution in [-0.4, -0.2) is 39.0 Å². The van der Waals surface area contributed by atoms with Crippen LogP contribution in [0.1, 0.15) is 38.2 Å². The maximum atomic E-state index is 13.2. The van der Waals surface area contributed by atoms with Gasteiger partial charge in [-0.1, -0.05) is 13.3 Å². The molecule has 142 valence electrons. The fraction of sp³-hybridized carbons (Fsp3) is 0.625. The number of unbranched alkanes of at least 4 members (excludes halogenated alkanes) is 1. The van der Waals surface area contributed by atoms with Crippen LogP contribution < -0.4 is 10.5 Å². The number of nitrogens with one attached hydrogen (secondary N) is 1. The number of primary sulfonamides is 1. The Morgan fingerprint density at radius 1 is 1.28 bits per heavy atom. The number of anilines is 1. The van der Waals surface area contributed by atoms with Gasteiger partial charge in [0, 0.05) is 24.8 Å². The van der Waals surface area contributed by atoms with Gasteiger partial charge in [-0.3, -0.25) is 0 Å². The lowest BCUT2D eigenvalue weighted by Gasteiger charge is -2.33. The van der Waals surface area contributed by atoms with E-state index in [9.17, 15) is 21.6 Å². The van der Waals surface area contributed by atoms with E-state index < -0.39 is 26.7 Å². The van der Waals surface area contributed by atoms with Crippen molar-refractivity contribution in [3.63, 3.8) is 0 Å². The van der Waals surface area contributed by atoms with Gasteiger partial charge in [0.25, 0.3) is 0 Å². The summed E-state index contributed by atoms with van der Waals surface area (Å²) in [6.45, 7) is 4.99. The minimum absolute atomic E-state index is 0.0688. The molecule has 0 amide bonds. The molecule has 1 heterocycles. The maximum Gasteiger partial charge on any atom is 0.417 e. The molecule has 1 aliphatic rings. The number of benzene rings is 1. The van der Waals surface area contributed by atoms with Crippen molar-refractivity contribution < 1.29 is 21.6 Å². The van der Waals surface area contributed by atoms with Crippen LogP contribution in [-0.2, 0) is 16.2 Å². The summed E-state index contributed by atoms with van der Waals surface area (Å²) in [5, 5.41) is 7.98. The van der Waals surface area contributed by atoms with Crippen LogP contribution in [0.15, 0.2) is 23.1 Å². The second kappa shape index (κ2) is 7.92. The number of nitrogens with zero attached hydrogens (tertiary/aromatic N) is 1. The lowest BCUT2D eigenvalue weighted by molar-refractivity contribution is -0.139. The molecule has 0 unspecified atom stereocenters. The minimum Gasteiger partial charge on any atom is -0.382 e. The van der Waals surface area contributed by atoms with Crippen molar-refractivity contribution in [3.05, 3.63) is 23.8 Å². The molecule has 0 aromatic heterocycles. The standard InChI is InChI=1S/C16H24F3N3O2S/c1-2-3-8-22-9-6-12(7-10-22)21-13-4-5-15(25(20,23)24)14(11-13)16(17,18)19/h4-5,11-12,21H,2-3,6-10H2,1H3,(H2,20,23,24). The molecule has 3 N–H and O–H groups in total. The van der Waals surface area contributed by atoms with Crippen molar-refractivity contribution in [1.82, 2.24) is 4.90 Å². The van der Waals surface area contributed by atoms with Gasteiger partial charge in [0.15, 0.2) is 0 Å². The highest BCUT2D eigenvalue weighted by Crippen LogP contribution is 2.35. The first kappa shape index (κ1) is 20.0. The van der Waals surface area contributed by atoms with Gasteiger partial charge in [-0.05, 0) is 44.0 Å². The van der Waals surface area contributed by atoms with E-state index in [1.54, 1.807) is 0 Å². The van der Waals surface area contributed by atoms with Crippen LogP contribution in [0.4, 0.5) is 18.9 Å². The molecule has 0 atom stereocenters. The number of piperidine rings is 1. The van der Waals surface area contributed by atoms with Crippen molar-refractivity contribution in [2.75, 3.05) is 25.0 Å². The van der Waals surface area contributed by atoms with Gasteiger partial charge in [-0.2, -0.15) is 13.2 Å². The highest BCUT2D eigenvalue weighted by Gasteiger charge is 2.36. The van der Waals surface area contributed by atoms with Crippen LogP contribution in [0.5, 0.6) is 0 Å². The molecule has 0 saturated carbocycles. The Hall–Kier alpha value is -1.32. The Bertz CT molecular complexity index is 684. The molecule has 1 saturated heterocycles. The second-order valence-corrected chi connectivity index (χ2v) is 7.90. The highest BCUT2D eigenvalue weighted by molar-refractivity contribution is 7.89. The summed E-state index contributed by atoms with van der Waals surface area (Å²) in [7, 11) is -4.44. The van der Waals surface area contributed by atoms with Crippen LogP contribution in [0.2, 0.25) is 0 Å². The second-order valence-electron chi connectivity index (χ2n) is 6.37. The summed E-state index contributed by atoms with van der Waals surface area (Å²) in [6.07, 6.45) is -0.843. The largest absolute Gasteiger partial charge is 0.417 e. The van der Waals surface area contributed by atoms with Crippen LogP contribution in [0, 0.1) is 0 Å². The van der Waals surface area contributed by atoms with Crippen molar-refractivity contribution in [2.24, 2.45) is 5.14 Å². The lowest BCUT2D eigenvalue weighted by atomic mass is 10.0. The molecule has 1 fully saturated rings. The maximum absolute atomic E-state index is 13.2. The number of hydrogen-bond donors (Lipinski definition) is 2. The van der Waals surface area contributed by atoms with Gasteiger partial charge in [0.1, 0.15) is 0 Å². The van der Waals surface area contributed by atoms with E-state index >= 15 is 0 Å². The minimum atomic E-state index is -4.79. The van der Waals surface area contributed by atoms with E-state index in [1.807, 2.05) is 0 Å². The molecule has 2 rings (SSSR count). The van der Waals surface area contributed by atoms with E-state index in [-0.39, 0.29) is 11.7 Å². The molecule has 0 bridgehead atoms. The molecule has 0 aliphatic carbocycles. The first-order valence-corrected chi connectivity index (χ1v) is 9.89. The normalized spacial score (nSPS) is 17.6. The van der Waals surface area contributed by atoms with E-state index in [0.29, 0.717) is 0 Å². The third-order valence-corrected chi connectivity index (χ3v) is 5.35. The van der Waals surface area contributed by atoms with Crippen molar-refractivity contribution in [1.29, 1.82) is 0 Å². The zero-order chi connectivity index (χ0) is 18.7. The van der Waals surface area contributed by atoms with E-state index in [4.69, 9.17) is 5.14 Å². The van der Waals surface area contributed by atoms with Gasteiger partial charge in [0.2, 0.25) is 10.0 Å². The predicted molar refractivity (Wildman–Crippen MR) is 90.8 cm³/mol. The Kier molecular flexibility index (Phi) is 6.34. The SMILES string of the molecule is CCCCN1CCC(Nc2ccc(S(N)(=O)=O)c(C(F)(F)F)c2)CC1. The zero-order valence-corrected chi connectivity index (χ0v) is 15.0. The Morgan fingerprint density at radius 3 is 2.44 bits per heavy atom. The predicted octanol–water partition coefficient (Wildman–Crippen LogP) is 3.03. The number of sulfonamides is 1. The fourth-order valence-corrected chi connectivity index (χ4v) is 3.75. The van der Waals surface area contributed by atoms with E-state index in [2.05, 4.69) is 17.1 Å². The van der Waals surface area contributed by atoms with Crippen LogP contribution in [0.3, 0.4) is 0 Å². The Morgan fingerprint density at radius 2 is 1.92 bits per heavy atom. The fourth-order valence-electron chi connectivity index (χ4n) is 3.01. The first-order valence-electron chi connectivity index (χ1n) is 8.34. The number of alkyl halides is 3. The van der Waals surface area contributed by atoms with E-state index in [0.717, 1.165) is 57.5 Å². The van der Waals surface area contributed by atoms with Crippen molar-refractivity contribution in [2.45, 2.75) is 49.7 Å². The molecule has 9 heteroatoms. The third-order valence-electron chi connectivity index (χ3n) is 4.38. The molecule has 0 spiro atoms. The molecule has 1 aromatic rings. The molecular formula is C16H24F3N3O2S. The quantitative estimate of drug-likeness (QED) is 0.797. The highest BCUT2D eigenvalue weighted by atomic mass is 32.2. The number of nitrogens with two attached hydrogens (primary N) is 1. The third kappa shape index (κ3) is 5.58. The van der Waals surface area contributed by atoms with E-state index in [1.165, 1.54) is 6.07 Å². The summed E-state index contributed by atoms with van der Waals surface area (Å²) in [4.78, 5) is 1.45. The number of rotatable bonds is 6. The van der Waals surface area contributed by atoms with Gasteiger partial charge in [0.05, 0.1) is 10.5 Å². The molecule has 25 heavy (non-hydrogen) atoms.